The van der Waals surface area contributed by atoms with E-state index in [0.29, 0.717) is 17.3 Å². The van der Waals surface area contributed by atoms with Crippen molar-refractivity contribution < 1.29 is 9.60 Å². The lowest BCUT2D eigenvalue weighted by atomic mass is 10.1. The molecule has 3 rings (SSSR count). The summed E-state index contributed by atoms with van der Waals surface area (Å²) in [4.78, 5) is 4.64. The minimum absolute atomic E-state index is 0.0749. The van der Waals surface area contributed by atoms with E-state index in [9.17, 15) is 4.39 Å². The first kappa shape index (κ1) is 14.1. The van der Waals surface area contributed by atoms with Gasteiger partial charge in [-0.3, -0.25) is 4.90 Å². The molecule has 0 amide bonds. The second kappa shape index (κ2) is 5.52. The van der Waals surface area contributed by atoms with Gasteiger partial charge in [0.05, 0.1) is 5.69 Å². The third-order valence-electron chi connectivity index (χ3n) is 4.60. The van der Waals surface area contributed by atoms with Crippen LogP contribution in [0.25, 0.3) is 0 Å². The van der Waals surface area contributed by atoms with Gasteiger partial charge in [0.2, 0.25) is 0 Å². The summed E-state index contributed by atoms with van der Waals surface area (Å²) < 4.78 is 14.4. The third kappa shape index (κ3) is 2.55. The number of piperazine rings is 1. The number of benzene rings is 1. The van der Waals surface area contributed by atoms with Gasteiger partial charge in [-0.2, -0.15) is 0 Å². The Morgan fingerprint density at radius 3 is 2.95 bits per heavy atom. The minimum atomic E-state index is -0.322. The molecule has 1 aromatic rings. The number of hydrogen-bond acceptors (Lipinski definition) is 4. The van der Waals surface area contributed by atoms with E-state index in [4.69, 9.17) is 10.9 Å². The monoisotopic (exact) mass is 292 g/mol. The molecule has 0 spiro atoms. The average molecular weight is 292 g/mol. The Labute approximate surface area is 123 Å². The van der Waals surface area contributed by atoms with Gasteiger partial charge in [-0.15, -0.1) is 0 Å². The summed E-state index contributed by atoms with van der Waals surface area (Å²) in [5, 5.41) is 11.6. The number of rotatable bonds is 2. The van der Waals surface area contributed by atoms with Crippen molar-refractivity contribution in [3.8, 4) is 0 Å². The number of amidine groups is 1. The molecule has 2 fully saturated rings. The molecule has 0 saturated carbocycles. The van der Waals surface area contributed by atoms with Crippen LogP contribution < -0.4 is 10.6 Å². The van der Waals surface area contributed by atoms with Gasteiger partial charge in [-0.05, 0) is 44.5 Å². The van der Waals surface area contributed by atoms with E-state index in [-0.39, 0.29) is 17.7 Å². The van der Waals surface area contributed by atoms with E-state index in [1.54, 1.807) is 12.1 Å². The topological polar surface area (TPSA) is 65.1 Å². The summed E-state index contributed by atoms with van der Waals surface area (Å²) in [6.07, 6.45) is 2.42. The van der Waals surface area contributed by atoms with Gasteiger partial charge in [-0.25, -0.2) is 4.39 Å². The fourth-order valence-electron chi connectivity index (χ4n) is 3.48. The van der Waals surface area contributed by atoms with E-state index >= 15 is 0 Å². The highest BCUT2D eigenvalue weighted by Crippen LogP contribution is 2.30. The zero-order valence-corrected chi connectivity index (χ0v) is 12.2. The van der Waals surface area contributed by atoms with Gasteiger partial charge in [0.25, 0.3) is 0 Å². The molecule has 0 aliphatic carbocycles. The van der Waals surface area contributed by atoms with Crippen LogP contribution in [0.1, 0.15) is 25.3 Å². The highest BCUT2D eigenvalue weighted by molar-refractivity contribution is 5.97. The molecule has 0 bridgehead atoms. The van der Waals surface area contributed by atoms with Gasteiger partial charge >= 0.3 is 0 Å². The Balaban J connectivity index is 1.86. The molecule has 3 N–H and O–H groups in total. The normalized spacial score (nSPS) is 27.0. The Morgan fingerprint density at radius 2 is 2.24 bits per heavy atom. The third-order valence-corrected chi connectivity index (χ3v) is 4.60. The van der Waals surface area contributed by atoms with Crippen LogP contribution in [-0.2, 0) is 0 Å². The molecule has 21 heavy (non-hydrogen) atoms. The molecular formula is C15H21FN4O. The van der Waals surface area contributed by atoms with Crippen molar-refractivity contribution in [2.45, 2.75) is 31.8 Å². The number of anilines is 1. The van der Waals surface area contributed by atoms with Crippen LogP contribution in [0.4, 0.5) is 10.1 Å². The van der Waals surface area contributed by atoms with Crippen LogP contribution in [0.15, 0.2) is 23.4 Å². The molecule has 2 aliphatic rings. The first-order valence-electron chi connectivity index (χ1n) is 7.38. The van der Waals surface area contributed by atoms with Crippen molar-refractivity contribution in [2.75, 3.05) is 24.5 Å². The molecule has 2 unspecified atom stereocenters. The maximum Gasteiger partial charge on any atom is 0.170 e. The van der Waals surface area contributed by atoms with Crippen LogP contribution >= 0.6 is 0 Å². The van der Waals surface area contributed by atoms with Crippen molar-refractivity contribution in [2.24, 2.45) is 10.9 Å². The van der Waals surface area contributed by atoms with E-state index in [1.165, 1.54) is 18.9 Å². The first-order valence-corrected chi connectivity index (χ1v) is 7.38. The van der Waals surface area contributed by atoms with E-state index in [0.717, 1.165) is 19.6 Å². The fraction of sp³-hybridized carbons (Fsp3) is 0.533. The Kier molecular flexibility index (Phi) is 3.71. The highest BCUT2D eigenvalue weighted by Gasteiger charge is 2.35. The summed E-state index contributed by atoms with van der Waals surface area (Å²) in [5.74, 6) is -0.397. The predicted molar refractivity (Wildman–Crippen MR) is 80.3 cm³/mol. The minimum Gasteiger partial charge on any atom is -0.409 e. The second-order valence-corrected chi connectivity index (χ2v) is 5.94. The SMILES string of the molecule is CC1CN2CCCC2CN1c1ccc(/C(N)=N/O)cc1F. The summed E-state index contributed by atoms with van der Waals surface area (Å²) in [6, 6.07) is 5.57. The van der Waals surface area contributed by atoms with Crippen LogP contribution in [0.5, 0.6) is 0 Å². The Morgan fingerprint density at radius 1 is 1.43 bits per heavy atom. The second-order valence-electron chi connectivity index (χ2n) is 5.94. The number of oxime groups is 1. The molecule has 1 aromatic carbocycles. The summed E-state index contributed by atoms with van der Waals surface area (Å²) in [6.45, 7) is 5.13. The maximum atomic E-state index is 14.4. The molecule has 2 heterocycles. The largest absolute Gasteiger partial charge is 0.409 e. The summed E-state index contributed by atoms with van der Waals surface area (Å²) >= 11 is 0. The molecule has 2 atom stereocenters. The zero-order valence-electron chi connectivity index (χ0n) is 12.2. The molecule has 6 heteroatoms. The van der Waals surface area contributed by atoms with Gasteiger partial charge in [0.1, 0.15) is 5.82 Å². The van der Waals surface area contributed by atoms with Crippen LogP contribution in [-0.4, -0.2) is 47.7 Å². The van der Waals surface area contributed by atoms with Crippen molar-refractivity contribution in [1.82, 2.24) is 4.90 Å². The lowest BCUT2D eigenvalue weighted by Gasteiger charge is -2.43. The molecule has 114 valence electrons. The quantitative estimate of drug-likeness (QED) is 0.376. The van der Waals surface area contributed by atoms with Gasteiger partial charge < -0.3 is 15.8 Å². The predicted octanol–water partition coefficient (Wildman–Crippen LogP) is 1.59. The Hall–Kier alpha value is -1.82. The molecule has 5 nitrogen and oxygen atoms in total. The number of halogens is 1. The van der Waals surface area contributed by atoms with Crippen LogP contribution in [0, 0.1) is 5.82 Å². The van der Waals surface area contributed by atoms with Crippen molar-refractivity contribution in [1.29, 1.82) is 0 Å². The summed E-state index contributed by atoms with van der Waals surface area (Å²) in [5.41, 5.74) is 6.50. The Bertz CT molecular complexity index is 563. The standard InChI is InChI=1S/C15H21FN4O/c1-10-8-19-6-2-3-12(19)9-20(10)14-5-4-11(7-13(14)16)15(17)18-21/h4-5,7,10,12,21H,2-3,6,8-9H2,1H3,(H2,17,18). The van der Waals surface area contributed by atoms with E-state index in [1.807, 2.05) is 0 Å². The molecule has 0 aromatic heterocycles. The average Bonchev–Trinajstić information content (AvgIpc) is 2.92. The van der Waals surface area contributed by atoms with E-state index < -0.39 is 0 Å². The van der Waals surface area contributed by atoms with E-state index in [2.05, 4.69) is 21.9 Å². The molecule has 2 aliphatic heterocycles. The van der Waals surface area contributed by atoms with Crippen LogP contribution in [0.3, 0.4) is 0 Å². The molecule has 2 saturated heterocycles. The lowest BCUT2D eigenvalue weighted by molar-refractivity contribution is 0.202. The van der Waals surface area contributed by atoms with Crippen molar-refractivity contribution in [3.05, 3.63) is 29.6 Å². The first-order chi connectivity index (χ1) is 10.1. The van der Waals surface area contributed by atoms with Gasteiger partial charge in [0.15, 0.2) is 5.84 Å². The number of nitrogens with two attached hydrogens (primary N) is 1. The lowest BCUT2D eigenvalue weighted by Crippen LogP contribution is -2.55. The zero-order chi connectivity index (χ0) is 15.0. The van der Waals surface area contributed by atoms with Gasteiger partial charge in [0, 0.05) is 30.7 Å². The van der Waals surface area contributed by atoms with Crippen molar-refractivity contribution >= 4 is 11.5 Å². The molecular weight excluding hydrogens is 271 g/mol. The van der Waals surface area contributed by atoms with Gasteiger partial charge in [-0.1, -0.05) is 5.16 Å². The van der Waals surface area contributed by atoms with Crippen molar-refractivity contribution in [3.63, 3.8) is 0 Å². The number of nitrogens with zero attached hydrogens (tertiary/aromatic N) is 3. The number of hydrogen-bond donors (Lipinski definition) is 2. The van der Waals surface area contributed by atoms with Crippen LogP contribution in [0.2, 0.25) is 0 Å². The number of fused-ring (bicyclic) bond motifs is 1. The highest BCUT2D eigenvalue weighted by atomic mass is 19.1. The smallest absolute Gasteiger partial charge is 0.170 e. The summed E-state index contributed by atoms with van der Waals surface area (Å²) in [7, 11) is 0. The maximum absolute atomic E-state index is 14.4. The fourth-order valence-corrected chi connectivity index (χ4v) is 3.48. The molecule has 0 radical (unpaired) electrons.